The van der Waals surface area contributed by atoms with Crippen molar-refractivity contribution >= 4 is 58.3 Å². The highest BCUT2D eigenvalue weighted by molar-refractivity contribution is 6.34. The quantitative estimate of drug-likeness (QED) is 0.177. The molecule has 1 aromatic heterocycles. The Kier molecular flexibility index (Phi) is 7.80. The molecule has 2 aliphatic heterocycles. The van der Waals surface area contributed by atoms with Crippen molar-refractivity contribution in [1.29, 1.82) is 0 Å². The molecule has 0 atom stereocenters. The number of para-hydroxylation sites is 1. The van der Waals surface area contributed by atoms with E-state index in [0.29, 0.717) is 28.8 Å². The molecule has 3 heterocycles. The van der Waals surface area contributed by atoms with Crippen LogP contribution in [0.2, 0.25) is 5.02 Å². The van der Waals surface area contributed by atoms with Gasteiger partial charge in [0.15, 0.2) is 5.82 Å². The summed E-state index contributed by atoms with van der Waals surface area (Å²) < 4.78 is 40.2. The van der Waals surface area contributed by atoms with Crippen LogP contribution in [0.5, 0.6) is 0 Å². The number of carbonyl (C=O) groups excluding carboxylic acids is 3. The number of nitrogens with zero attached hydrogens (tertiary/aromatic N) is 5. The van der Waals surface area contributed by atoms with Crippen LogP contribution in [0.15, 0.2) is 103 Å². The first-order chi connectivity index (χ1) is 23.1. The zero-order chi connectivity index (χ0) is 33.6. The number of nitrogens with one attached hydrogen (secondary N) is 1. The lowest BCUT2D eigenvalue weighted by Crippen LogP contribution is -2.45. The van der Waals surface area contributed by atoms with E-state index in [1.165, 1.54) is 14.7 Å². The number of aromatic nitrogens is 2. The molecule has 0 radical (unpaired) electrons. The van der Waals surface area contributed by atoms with Gasteiger partial charge >= 0.3 is 12.2 Å². The number of hydrogen-bond acceptors (Lipinski definition) is 6. The predicted molar refractivity (Wildman–Crippen MR) is 174 cm³/mol. The summed E-state index contributed by atoms with van der Waals surface area (Å²) in [7, 11) is 0. The van der Waals surface area contributed by atoms with Crippen molar-refractivity contribution in [1.82, 2.24) is 14.9 Å². The number of urea groups is 1. The van der Waals surface area contributed by atoms with Crippen LogP contribution in [-0.4, -0.2) is 39.3 Å². The second-order valence-corrected chi connectivity index (χ2v) is 11.5. The van der Waals surface area contributed by atoms with Gasteiger partial charge in [-0.25, -0.2) is 14.7 Å². The average molecular weight is 669 g/mol. The van der Waals surface area contributed by atoms with Crippen LogP contribution in [0.25, 0.3) is 0 Å². The van der Waals surface area contributed by atoms with E-state index in [9.17, 15) is 27.6 Å². The normalized spacial score (nSPS) is 14.3. The first-order valence-corrected chi connectivity index (χ1v) is 15.2. The van der Waals surface area contributed by atoms with Crippen molar-refractivity contribution in [2.24, 2.45) is 0 Å². The summed E-state index contributed by atoms with van der Waals surface area (Å²) in [5, 5.41) is 2.87. The second-order valence-electron chi connectivity index (χ2n) is 11.1. The molecule has 0 aliphatic carbocycles. The van der Waals surface area contributed by atoms with E-state index in [1.54, 1.807) is 48.7 Å². The molecule has 0 fully saturated rings. The van der Waals surface area contributed by atoms with E-state index in [0.717, 1.165) is 29.4 Å². The monoisotopic (exact) mass is 668 g/mol. The summed E-state index contributed by atoms with van der Waals surface area (Å²) in [6.45, 7) is 0.0573. The van der Waals surface area contributed by atoms with Crippen LogP contribution < -0.4 is 15.1 Å². The van der Waals surface area contributed by atoms with Gasteiger partial charge in [0.2, 0.25) is 5.95 Å². The standard InChI is InChI=1S/C35H24ClF3N6O3/c36-28-18-23(35(37,38)39)13-14-29(28)44-20-22-19-40-33(41-24-8-2-1-3-9-24)42-30(22)45(34(44)48)25-10-6-7-21(17-25)15-16-43-31(46)26-11-4-5-12-27(26)32(43)47/h1-14,17-19H,15-16,20H2,(H,40,41,42). The van der Waals surface area contributed by atoms with Gasteiger partial charge < -0.3 is 5.32 Å². The first-order valence-electron chi connectivity index (χ1n) is 14.8. The van der Waals surface area contributed by atoms with Crippen LogP contribution in [0.3, 0.4) is 0 Å². The Balaban J connectivity index is 1.23. The summed E-state index contributed by atoms with van der Waals surface area (Å²) in [5.41, 5.74) is 2.21. The minimum Gasteiger partial charge on any atom is -0.324 e. The average Bonchev–Trinajstić information content (AvgIpc) is 3.32. The molecule has 48 heavy (non-hydrogen) atoms. The van der Waals surface area contributed by atoms with Gasteiger partial charge in [-0.05, 0) is 66.6 Å². The van der Waals surface area contributed by atoms with Crippen molar-refractivity contribution in [2.45, 2.75) is 19.1 Å². The van der Waals surface area contributed by atoms with Gasteiger partial charge in [-0.1, -0.05) is 54.1 Å². The molecule has 240 valence electrons. The number of carbonyl (C=O) groups is 3. The zero-order valence-electron chi connectivity index (χ0n) is 24.9. The molecular formula is C35H24ClF3N6O3. The summed E-state index contributed by atoms with van der Waals surface area (Å²) in [4.78, 5) is 53.0. The number of amides is 4. The highest BCUT2D eigenvalue weighted by Gasteiger charge is 2.38. The lowest BCUT2D eigenvalue weighted by Gasteiger charge is -2.36. The van der Waals surface area contributed by atoms with Gasteiger partial charge in [0, 0.05) is 24.0 Å². The zero-order valence-corrected chi connectivity index (χ0v) is 25.7. The Morgan fingerprint density at radius 2 is 1.54 bits per heavy atom. The lowest BCUT2D eigenvalue weighted by molar-refractivity contribution is -0.137. The SMILES string of the molecule is O=C1c2ccccc2C(=O)N1CCc1cccc(N2C(=O)N(c3ccc(C(F)(F)F)cc3Cl)Cc3cnc(Nc4ccccc4)nc32)c1. The number of anilines is 5. The van der Waals surface area contributed by atoms with Gasteiger partial charge in [-0.3, -0.25) is 19.4 Å². The van der Waals surface area contributed by atoms with E-state index < -0.39 is 17.8 Å². The molecule has 5 aromatic rings. The Morgan fingerprint density at radius 3 is 2.23 bits per heavy atom. The van der Waals surface area contributed by atoms with Crippen molar-refractivity contribution < 1.29 is 27.6 Å². The summed E-state index contributed by atoms with van der Waals surface area (Å²) in [5.74, 6) is -0.247. The van der Waals surface area contributed by atoms with E-state index in [2.05, 4.69) is 15.3 Å². The fourth-order valence-electron chi connectivity index (χ4n) is 5.72. The maximum Gasteiger partial charge on any atom is 0.416 e. The Morgan fingerprint density at radius 1 is 0.833 bits per heavy atom. The number of benzene rings is 4. The van der Waals surface area contributed by atoms with Crippen LogP contribution in [0.1, 0.15) is 37.4 Å². The molecule has 0 saturated carbocycles. The maximum atomic E-state index is 14.3. The maximum absolute atomic E-state index is 14.3. The van der Waals surface area contributed by atoms with Gasteiger partial charge in [-0.15, -0.1) is 0 Å². The van der Waals surface area contributed by atoms with Gasteiger partial charge in [-0.2, -0.15) is 18.2 Å². The fraction of sp³-hybridized carbons (Fsp3) is 0.114. The third-order valence-electron chi connectivity index (χ3n) is 8.07. The van der Waals surface area contributed by atoms with Crippen molar-refractivity contribution in [3.8, 4) is 0 Å². The van der Waals surface area contributed by atoms with Crippen molar-refractivity contribution in [3.63, 3.8) is 0 Å². The van der Waals surface area contributed by atoms with Gasteiger partial charge in [0.1, 0.15) is 0 Å². The second kappa shape index (κ2) is 12.1. The minimum atomic E-state index is -4.61. The number of rotatable bonds is 7. The van der Waals surface area contributed by atoms with Crippen molar-refractivity contribution in [2.75, 3.05) is 21.7 Å². The van der Waals surface area contributed by atoms with Crippen LogP contribution in [-0.2, 0) is 19.1 Å². The van der Waals surface area contributed by atoms with Gasteiger partial charge in [0.25, 0.3) is 11.8 Å². The molecule has 4 amide bonds. The van der Waals surface area contributed by atoms with Crippen LogP contribution in [0.4, 0.5) is 46.8 Å². The molecule has 7 rings (SSSR count). The Labute approximate surface area is 277 Å². The van der Waals surface area contributed by atoms with E-state index in [-0.39, 0.29) is 47.4 Å². The summed E-state index contributed by atoms with van der Waals surface area (Å²) >= 11 is 6.34. The van der Waals surface area contributed by atoms with Crippen LogP contribution >= 0.6 is 11.6 Å². The molecule has 0 unspecified atom stereocenters. The molecule has 4 aromatic carbocycles. The predicted octanol–water partition coefficient (Wildman–Crippen LogP) is 8.01. The number of fused-ring (bicyclic) bond motifs is 2. The summed E-state index contributed by atoms with van der Waals surface area (Å²) in [6.07, 6.45) is -2.77. The largest absolute Gasteiger partial charge is 0.416 e. The summed E-state index contributed by atoms with van der Waals surface area (Å²) in [6, 6.07) is 25.0. The molecule has 1 N–H and O–H groups in total. The lowest BCUT2D eigenvalue weighted by atomic mass is 10.1. The smallest absolute Gasteiger partial charge is 0.324 e. The number of halogens is 4. The molecule has 0 spiro atoms. The number of alkyl halides is 3. The molecule has 9 nitrogen and oxygen atoms in total. The number of hydrogen-bond donors (Lipinski definition) is 1. The highest BCUT2D eigenvalue weighted by atomic mass is 35.5. The number of imide groups is 1. The Hall–Kier alpha value is -5.75. The van der Waals surface area contributed by atoms with E-state index in [1.807, 2.05) is 36.4 Å². The molecule has 0 saturated heterocycles. The molecule has 2 aliphatic rings. The minimum absolute atomic E-state index is 0.0548. The molecule has 0 bridgehead atoms. The third-order valence-corrected chi connectivity index (χ3v) is 8.37. The van der Waals surface area contributed by atoms with E-state index >= 15 is 0 Å². The van der Waals surface area contributed by atoms with Gasteiger partial charge in [0.05, 0.1) is 39.6 Å². The molecule has 13 heteroatoms. The van der Waals surface area contributed by atoms with Crippen molar-refractivity contribution in [3.05, 3.63) is 136 Å². The topological polar surface area (TPSA) is 98.7 Å². The first kappa shape index (κ1) is 30.9. The fourth-order valence-corrected chi connectivity index (χ4v) is 6.00. The van der Waals surface area contributed by atoms with Crippen LogP contribution in [0, 0.1) is 0 Å². The highest BCUT2D eigenvalue weighted by Crippen LogP contribution is 2.41. The van der Waals surface area contributed by atoms with E-state index in [4.69, 9.17) is 11.6 Å². The molecular weight excluding hydrogens is 645 g/mol. The Bertz CT molecular complexity index is 2060. The third kappa shape index (κ3) is 5.71.